The van der Waals surface area contributed by atoms with Gasteiger partial charge in [-0.15, -0.1) is 0 Å². The number of hydrogen-bond acceptors (Lipinski definition) is 5. The molecule has 0 bridgehead atoms. The van der Waals surface area contributed by atoms with Gasteiger partial charge in [0.05, 0.1) is 5.92 Å². The zero-order chi connectivity index (χ0) is 17.9. The SMILES string of the molecule is CC1(N)CCCCC1C(=O)NCCc1nc(-c2cccc(Cl)c2)no1. The van der Waals surface area contributed by atoms with Crippen molar-refractivity contribution >= 4 is 17.5 Å². The zero-order valence-electron chi connectivity index (χ0n) is 14.3. The highest BCUT2D eigenvalue weighted by atomic mass is 35.5. The summed E-state index contributed by atoms with van der Waals surface area (Å²) in [6.07, 6.45) is 4.35. The average molecular weight is 363 g/mol. The Kier molecular flexibility index (Phi) is 5.39. The normalized spacial score (nSPS) is 23.4. The van der Waals surface area contributed by atoms with E-state index < -0.39 is 5.54 Å². The first kappa shape index (κ1) is 17.9. The van der Waals surface area contributed by atoms with Crippen molar-refractivity contribution in [3.63, 3.8) is 0 Å². The van der Waals surface area contributed by atoms with E-state index in [9.17, 15) is 4.79 Å². The van der Waals surface area contributed by atoms with E-state index in [0.29, 0.717) is 29.7 Å². The lowest BCUT2D eigenvalue weighted by molar-refractivity contribution is -0.128. The van der Waals surface area contributed by atoms with E-state index in [2.05, 4.69) is 15.5 Å². The van der Waals surface area contributed by atoms with Crippen molar-refractivity contribution in [1.82, 2.24) is 15.5 Å². The fraction of sp³-hybridized carbons (Fsp3) is 0.500. The van der Waals surface area contributed by atoms with E-state index >= 15 is 0 Å². The molecule has 3 N–H and O–H groups in total. The molecule has 1 aliphatic carbocycles. The first-order chi connectivity index (χ1) is 12.0. The number of rotatable bonds is 5. The monoisotopic (exact) mass is 362 g/mol. The number of benzene rings is 1. The first-order valence-corrected chi connectivity index (χ1v) is 8.98. The number of nitrogens with one attached hydrogen (secondary N) is 1. The molecule has 0 saturated heterocycles. The smallest absolute Gasteiger partial charge is 0.228 e. The molecule has 0 aliphatic heterocycles. The summed E-state index contributed by atoms with van der Waals surface area (Å²) in [6, 6.07) is 7.27. The number of aromatic nitrogens is 2. The molecule has 0 spiro atoms. The van der Waals surface area contributed by atoms with Crippen molar-refractivity contribution in [3.05, 3.63) is 35.2 Å². The lowest BCUT2D eigenvalue weighted by Gasteiger charge is -2.37. The molecule has 134 valence electrons. The van der Waals surface area contributed by atoms with Gasteiger partial charge in [-0.25, -0.2) is 0 Å². The van der Waals surface area contributed by atoms with Gasteiger partial charge in [0.1, 0.15) is 0 Å². The van der Waals surface area contributed by atoms with Crippen LogP contribution in [-0.2, 0) is 11.2 Å². The maximum absolute atomic E-state index is 12.4. The van der Waals surface area contributed by atoms with Crippen molar-refractivity contribution in [2.24, 2.45) is 11.7 Å². The van der Waals surface area contributed by atoms with Crippen LogP contribution < -0.4 is 11.1 Å². The number of nitrogens with zero attached hydrogens (tertiary/aromatic N) is 2. The summed E-state index contributed by atoms with van der Waals surface area (Å²) >= 11 is 5.97. The molecule has 7 heteroatoms. The molecule has 1 heterocycles. The molecule has 2 unspecified atom stereocenters. The highest BCUT2D eigenvalue weighted by Gasteiger charge is 2.37. The van der Waals surface area contributed by atoms with Crippen LogP contribution in [0.2, 0.25) is 5.02 Å². The average Bonchev–Trinajstić information content (AvgIpc) is 3.03. The standard InChI is InChI=1S/C18H23ClN4O2/c1-18(20)9-3-2-7-14(18)17(24)21-10-8-15-22-16(23-25-15)12-5-4-6-13(19)11-12/h4-6,11,14H,2-3,7-10,20H2,1H3,(H,21,24). The van der Waals surface area contributed by atoms with Gasteiger partial charge in [0.25, 0.3) is 0 Å². The summed E-state index contributed by atoms with van der Waals surface area (Å²) in [7, 11) is 0. The largest absolute Gasteiger partial charge is 0.355 e. The third-order valence-electron chi connectivity index (χ3n) is 4.76. The Hall–Kier alpha value is -1.92. The van der Waals surface area contributed by atoms with Crippen LogP contribution in [-0.4, -0.2) is 28.1 Å². The minimum Gasteiger partial charge on any atom is -0.355 e. The van der Waals surface area contributed by atoms with Crippen molar-refractivity contribution in [2.45, 2.75) is 44.6 Å². The summed E-state index contributed by atoms with van der Waals surface area (Å²) in [4.78, 5) is 16.7. The van der Waals surface area contributed by atoms with Crippen LogP contribution in [0.25, 0.3) is 11.4 Å². The van der Waals surface area contributed by atoms with Crippen LogP contribution in [0.4, 0.5) is 0 Å². The molecule has 1 fully saturated rings. The fourth-order valence-corrected chi connectivity index (χ4v) is 3.50. The fourth-order valence-electron chi connectivity index (χ4n) is 3.31. The summed E-state index contributed by atoms with van der Waals surface area (Å²) in [6.45, 7) is 2.41. The molecule has 3 rings (SSSR count). The van der Waals surface area contributed by atoms with Gasteiger partial charge in [-0.2, -0.15) is 4.98 Å². The van der Waals surface area contributed by atoms with Crippen molar-refractivity contribution in [2.75, 3.05) is 6.54 Å². The van der Waals surface area contributed by atoms with E-state index in [0.717, 1.165) is 31.2 Å². The molecule has 1 saturated carbocycles. The molecule has 6 nitrogen and oxygen atoms in total. The molecule has 1 aromatic heterocycles. The summed E-state index contributed by atoms with van der Waals surface area (Å²) in [5.74, 6) is 0.852. The number of carbonyl (C=O) groups is 1. The molecule has 1 amide bonds. The molecule has 0 radical (unpaired) electrons. The summed E-state index contributed by atoms with van der Waals surface area (Å²) in [5.41, 5.74) is 6.65. The Morgan fingerprint density at radius 1 is 1.48 bits per heavy atom. The van der Waals surface area contributed by atoms with E-state index in [1.807, 2.05) is 19.1 Å². The Morgan fingerprint density at radius 2 is 2.32 bits per heavy atom. The summed E-state index contributed by atoms with van der Waals surface area (Å²) in [5, 5.41) is 7.53. The number of carbonyl (C=O) groups excluding carboxylic acids is 1. The van der Waals surface area contributed by atoms with Gasteiger partial charge in [0.2, 0.25) is 17.6 Å². The van der Waals surface area contributed by atoms with Crippen LogP contribution in [0, 0.1) is 5.92 Å². The first-order valence-electron chi connectivity index (χ1n) is 8.61. The van der Waals surface area contributed by atoms with Gasteiger partial charge in [-0.1, -0.05) is 41.7 Å². The van der Waals surface area contributed by atoms with Crippen molar-refractivity contribution in [1.29, 1.82) is 0 Å². The van der Waals surface area contributed by atoms with Gasteiger partial charge >= 0.3 is 0 Å². The van der Waals surface area contributed by atoms with Gasteiger partial charge in [0, 0.05) is 29.1 Å². The molecular formula is C18H23ClN4O2. The van der Waals surface area contributed by atoms with E-state index in [4.69, 9.17) is 21.9 Å². The number of nitrogens with two attached hydrogens (primary N) is 1. The van der Waals surface area contributed by atoms with Crippen molar-refractivity contribution < 1.29 is 9.32 Å². The quantitative estimate of drug-likeness (QED) is 0.852. The molecule has 2 aromatic rings. The highest BCUT2D eigenvalue weighted by Crippen LogP contribution is 2.31. The molecular weight excluding hydrogens is 340 g/mol. The van der Waals surface area contributed by atoms with Crippen LogP contribution in [0.15, 0.2) is 28.8 Å². The maximum atomic E-state index is 12.4. The Morgan fingerprint density at radius 3 is 3.08 bits per heavy atom. The predicted molar refractivity (Wildman–Crippen MR) is 96.0 cm³/mol. The Bertz CT molecular complexity index is 744. The molecule has 25 heavy (non-hydrogen) atoms. The third-order valence-corrected chi connectivity index (χ3v) is 4.99. The van der Waals surface area contributed by atoms with Gasteiger partial charge in [0.15, 0.2) is 0 Å². The Labute approximate surface area is 152 Å². The Balaban J connectivity index is 1.53. The van der Waals surface area contributed by atoms with Crippen molar-refractivity contribution in [3.8, 4) is 11.4 Å². The maximum Gasteiger partial charge on any atom is 0.228 e. The van der Waals surface area contributed by atoms with E-state index in [-0.39, 0.29) is 11.8 Å². The minimum absolute atomic E-state index is 0.0132. The second-order valence-corrected chi connectivity index (χ2v) is 7.30. The van der Waals surface area contributed by atoms with Crippen LogP contribution in [0.5, 0.6) is 0 Å². The number of amides is 1. The molecule has 1 aliphatic rings. The second kappa shape index (κ2) is 7.54. The number of halogens is 1. The summed E-state index contributed by atoms with van der Waals surface area (Å²) < 4.78 is 5.25. The highest BCUT2D eigenvalue weighted by molar-refractivity contribution is 6.30. The number of hydrogen-bond donors (Lipinski definition) is 2. The topological polar surface area (TPSA) is 94.0 Å². The lowest BCUT2D eigenvalue weighted by atomic mass is 9.74. The second-order valence-electron chi connectivity index (χ2n) is 6.87. The van der Waals surface area contributed by atoms with Crippen LogP contribution in [0.3, 0.4) is 0 Å². The van der Waals surface area contributed by atoms with Gasteiger partial charge < -0.3 is 15.6 Å². The minimum atomic E-state index is -0.424. The van der Waals surface area contributed by atoms with E-state index in [1.54, 1.807) is 12.1 Å². The van der Waals surface area contributed by atoms with Gasteiger partial charge in [-0.05, 0) is 31.9 Å². The lowest BCUT2D eigenvalue weighted by Crippen LogP contribution is -2.53. The van der Waals surface area contributed by atoms with Crippen LogP contribution in [0.1, 0.15) is 38.5 Å². The molecule has 1 aromatic carbocycles. The van der Waals surface area contributed by atoms with Crippen LogP contribution >= 0.6 is 11.6 Å². The third kappa shape index (κ3) is 4.38. The predicted octanol–water partition coefficient (Wildman–Crippen LogP) is 2.96. The molecule has 2 atom stereocenters. The zero-order valence-corrected chi connectivity index (χ0v) is 15.1. The van der Waals surface area contributed by atoms with Gasteiger partial charge in [-0.3, -0.25) is 4.79 Å². The van der Waals surface area contributed by atoms with E-state index in [1.165, 1.54) is 0 Å².